The van der Waals surface area contributed by atoms with E-state index in [1.807, 2.05) is 56.9 Å². The summed E-state index contributed by atoms with van der Waals surface area (Å²) in [5.41, 5.74) is 1.85. The van der Waals surface area contributed by atoms with E-state index in [2.05, 4.69) is 42.7 Å². The molecule has 2 saturated heterocycles. The maximum atomic E-state index is 15.2. The first-order chi connectivity index (χ1) is 19.9. The lowest BCUT2D eigenvalue weighted by Crippen LogP contribution is -2.60. The molecule has 0 saturated carbocycles. The van der Waals surface area contributed by atoms with Crippen LogP contribution in [0.1, 0.15) is 91.8 Å². The molecule has 2 amide bonds. The maximum absolute atomic E-state index is 15.2. The number of piperidine rings is 1. The van der Waals surface area contributed by atoms with Crippen molar-refractivity contribution in [2.45, 2.75) is 92.8 Å². The van der Waals surface area contributed by atoms with Crippen molar-refractivity contribution in [1.29, 1.82) is 0 Å². The number of piperazine rings is 1. The van der Waals surface area contributed by atoms with Gasteiger partial charge in [0.2, 0.25) is 11.8 Å². The van der Waals surface area contributed by atoms with Gasteiger partial charge in [-0.05, 0) is 61.3 Å². The van der Waals surface area contributed by atoms with Crippen LogP contribution in [0.15, 0.2) is 48.5 Å². The van der Waals surface area contributed by atoms with Gasteiger partial charge in [-0.3, -0.25) is 14.5 Å². The molecule has 2 heterocycles. The van der Waals surface area contributed by atoms with Crippen molar-refractivity contribution in [2.24, 2.45) is 11.3 Å². The number of carbonyl (C=O) groups excluding carboxylic acids is 2. The van der Waals surface area contributed by atoms with Crippen LogP contribution in [-0.2, 0) is 9.59 Å². The number of halogens is 1. The first-order valence-corrected chi connectivity index (χ1v) is 15.7. The standard InChI is InChI=1S/C33H46FN3O3.C2H6/c1-23(2)40-29-13-12-27(21-28(29)34)32(26-10-8-7-9-11-26)36-18-19-37(30(22-36)33(4,5)6)31(39)20-25-14-16-35(17-15-25)24(3)38;1-2/h7-13,21,23,25,30,32H,14-20,22H2,1-6H3;1-2H3. The highest BCUT2D eigenvalue weighted by molar-refractivity contribution is 5.77. The Balaban J connectivity index is 0.00000237. The van der Waals surface area contributed by atoms with E-state index < -0.39 is 0 Å². The molecule has 0 N–H and O–H groups in total. The predicted molar refractivity (Wildman–Crippen MR) is 168 cm³/mol. The summed E-state index contributed by atoms with van der Waals surface area (Å²) >= 11 is 0. The summed E-state index contributed by atoms with van der Waals surface area (Å²) in [5, 5.41) is 0. The smallest absolute Gasteiger partial charge is 0.223 e. The average Bonchev–Trinajstić information content (AvgIpc) is 2.96. The molecular formula is C35H52FN3O3. The van der Waals surface area contributed by atoms with Gasteiger partial charge in [-0.1, -0.05) is 71.0 Å². The van der Waals surface area contributed by atoms with Crippen molar-refractivity contribution in [3.8, 4) is 5.75 Å². The van der Waals surface area contributed by atoms with E-state index in [4.69, 9.17) is 4.74 Å². The van der Waals surface area contributed by atoms with Gasteiger partial charge in [0.05, 0.1) is 12.1 Å². The summed E-state index contributed by atoms with van der Waals surface area (Å²) in [6, 6.07) is 15.4. The lowest BCUT2D eigenvalue weighted by Gasteiger charge is -2.50. The fourth-order valence-corrected chi connectivity index (χ4v) is 6.18. The molecule has 6 nitrogen and oxygen atoms in total. The number of hydrogen-bond donors (Lipinski definition) is 0. The topological polar surface area (TPSA) is 53.1 Å². The van der Waals surface area contributed by atoms with Crippen LogP contribution in [0.25, 0.3) is 0 Å². The minimum atomic E-state index is -0.357. The van der Waals surface area contributed by atoms with E-state index in [0.717, 1.165) is 37.1 Å². The minimum absolute atomic E-state index is 0.0191. The van der Waals surface area contributed by atoms with E-state index in [-0.39, 0.29) is 47.0 Å². The highest BCUT2D eigenvalue weighted by atomic mass is 19.1. The third-order valence-corrected chi connectivity index (χ3v) is 8.37. The summed E-state index contributed by atoms with van der Waals surface area (Å²) in [4.78, 5) is 31.8. The molecule has 4 rings (SSSR count). The number of benzene rings is 2. The number of ether oxygens (including phenoxy) is 1. The Labute approximate surface area is 253 Å². The van der Waals surface area contributed by atoms with Crippen molar-refractivity contribution < 1.29 is 18.7 Å². The number of amides is 2. The Morgan fingerprint density at radius 1 is 0.952 bits per heavy atom. The third-order valence-electron chi connectivity index (χ3n) is 8.37. The zero-order valence-corrected chi connectivity index (χ0v) is 27.0. The monoisotopic (exact) mass is 581 g/mol. The van der Waals surface area contributed by atoms with Gasteiger partial charge in [0.25, 0.3) is 0 Å². The van der Waals surface area contributed by atoms with Crippen LogP contribution in [0.5, 0.6) is 5.75 Å². The summed E-state index contributed by atoms with van der Waals surface area (Å²) < 4.78 is 20.8. The van der Waals surface area contributed by atoms with E-state index in [1.54, 1.807) is 19.1 Å². The van der Waals surface area contributed by atoms with Crippen molar-refractivity contribution in [2.75, 3.05) is 32.7 Å². The molecule has 2 aromatic rings. The lowest BCUT2D eigenvalue weighted by atomic mass is 9.82. The number of carbonyl (C=O) groups is 2. The van der Waals surface area contributed by atoms with E-state index in [1.165, 1.54) is 0 Å². The van der Waals surface area contributed by atoms with Crippen molar-refractivity contribution >= 4 is 11.8 Å². The second kappa shape index (κ2) is 15.0. The molecule has 232 valence electrons. The Morgan fingerprint density at radius 2 is 1.60 bits per heavy atom. The fraction of sp³-hybridized carbons (Fsp3) is 0.600. The van der Waals surface area contributed by atoms with Gasteiger partial charge >= 0.3 is 0 Å². The molecule has 2 aliphatic rings. The van der Waals surface area contributed by atoms with E-state index in [0.29, 0.717) is 32.0 Å². The molecule has 0 aromatic heterocycles. The Bertz CT molecular complexity index is 1160. The number of likely N-dealkylation sites (tertiary alicyclic amines) is 1. The van der Waals surface area contributed by atoms with E-state index in [9.17, 15) is 9.59 Å². The summed E-state index contributed by atoms with van der Waals surface area (Å²) in [6.07, 6.45) is 2.18. The van der Waals surface area contributed by atoms with Gasteiger partial charge in [0.15, 0.2) is 11.6 Å². The van der Waals surface area contributed by atoms with Crippen LogP contribution in [0.2, 0.25) is 0 Å². The molecule has 0 bridgehead atoms. The highest BCUT2D eigenvalue weighted by Gasteiger charge is 2.41. The van der Waals surface area contributed by atoms with Gasteiger partial charge in [-0.15, -0.1) is 0 Å². The predicted octanol–water partition coefficient (Wildman–Crippen LogP) is 6.94. The number of rotatable bonds is 7. The van der Waals surface area contributed by atoms with E-state index >= 15 is 4.39 Å². The first-order valence-electron chi connectivity index (χ1n) is 15.7. The summed E-state index contributed by atoms with van der Waals surface area (Å²) in [6.45, 7) is 19.5. The average molecular weight is 582 g/mol. The molecule has 7 heteroatoms. The fourth-order valence-electron chi connectivity index (χ4n) is 6.18. The molecule has 0 spiro atoms. The maximum Gasteiger partial charge on any atom is 0.223 e. The Hall–Kier alpha value is -2.93. The molecule has 2 atom stereocenters. The SMILES string of the molecule is CC.CC(=O)N1CCC(CC(=O)N2CCN(C(c3ccccc3)c3ccc(OC(C)C)c(F)c3)CC2C(C)(C)C)CC1. The quantitative estimate of drug-likeness (QED) is 0.356. The molecule has 0 radical (unpaired) electrons. The minimum Gasteiger partial charge on any atom is -0.488 e. The van der Waals surface area contributed by atoms with Gasteiger partial charge in [-0.2, -0.15) is 0 Å². The molecule has 42 heavy (non-hydrogen) atoms. The lowest BCUT2D eigenvalue weighted by molar-refractivity contribution is -0.141. The third kappa shape index (κ3) is 8.56. The van der Waals surface area contributed by atoms with Gasteiger partial charge in [-0.25, -0.2) is 4.39 Å². The Kier molecular flexibility index (Phi) is 12.0. The normalized spacial score (nSPS) is 19.2. The highest BCUT2D eigenvalue weighted by Crippen LogP contribution is 2.37. The van der Waals surface area contributed by atoms with Crippen LogP contribution in [0, 0.1) is 17.2 Å². The molecule has 2 unspecified atom stereocenters. The summed E-state index contributed by atoms with van der Waals surface area (Å²) in [5.74, 6) is 0.544. The zero-order chi connectivity index (χ0) is 31.0. The second-order valence-corrected chi connectivity index (χ2v) is 12.8. The van der Waals surface area contributed by atoms with Crippen LogP contribution in [-0.4, -0.2) is 71.4 Å². The van der Waals surface area contributed by atoms with Crippen LogP contribution in [0.4, 0.5) is 4.39 Å². The number of nitrogens with zero attached hydrogens (tertiary/aromatic N) is 3. The first kappa shape index (κ1) is 33.6. The van der Waals surface area contributed by atoms with Gasteiger partial charge < -0.3 is 14.5 Å². The van der Waals surface area contributed by atoms with Crippen LogP contribution in [0.3, 0.4) is 0 Å². The molecule has 2 aromatic carbocycles. The van der Waals surface area contributed by atoms with Crippen molar-refractivity contribution in [1.82, 2.24) is 14.7 Å². The molecule has 2 fully saturated rings. The van der Waals surface area contributed by atoms with Gasteiger partial charge in [0.1, 0.15) is 0 Å². The van der Waals surface area contributed by atoms with Crippen LogP contribution >= 0.6 is 0 Å². The Morgan fingerprint density at radius 3 is 2.14 bits per heavy atom. The van der Waals surface area contributed by atoms with Crippen molar-refractivity contribution in [3.05, 3.63) is 65.5 Å². The second-order valence-electron chi connectivity index (χ2n) is 12.8. The van der Waals surface area contributed by atoms with Gasteiger partial charge in [0, 0.05) is 52.1 Å². The van der Waals surface area contributed by atoms with Crippen LogP contribution < -0.4 is 4.74 Å². The largest absolute Gasteiger partial charge is 0.488 e. The molecular weight excluding hydrogens is 529 g/mol. The zero-order valence-electron chi connectivity index (χ0n) is 27.0. The summed E-state index contributed by atoms with van der Waals surface area (Å²) in [7, 11) is 0. The van der Waals surface area contributed by atoms with Crippen molar-refractivity contribution in [3.63, 3.8) is 0 Å². The number of hydrogen-bond acceptors (Lipinski definition) is 4. The molecule has 2 aliphatic heterocycles. The molecule has 0 aliphatic carbocycles.